The van der Waals surface area contributed by atoms with Gasteiger partial charge in [0.15, 0.2) is 0 Å². The van der Waals surface area contributed by atoms with Gasteiger partial charge in [-0.15, -0.1) is 0 Å². The molecule has 0 aliphatic heterocycles. The highest BCUT2D eigenvalue weighted by Crippen LogP contribution is 2.19. The van der Waals surface area contributed by atoms with E-state index in [1.165, 1.54) is 22.4 Å². The number of aryl methyl sites for hydroxylation is 2. The van der Waals surface area contributed by atoms with Crippen LogP contribution < -0.4 is 10.1 Å². The topological polar surface area (TPSA) is 21.3 Å². The van der Waals surface area contributed by atoms with E-state index < -0.39 is 0 Å². The fourth-order valence-corrected chi connectivity index (χ4v) is 2.09. The zero-order chi connectivity index (χ0) is 14.4. The van der Waals surface area contributed by atoms with Crippen LogP contribution in [0.2, 0.25) is 0 Å². The maximum atomic E-state index is 5.66. The van der Waals surface area contributed by atoms with E-state index in [2.05, 4.69) is 56.4 Å². The van der Waals surface area contributed by atoms with Gasteiger partial charge in [0.25, 0.3) is 0 Å². The smallest absolute Gasteiger partial charge is 0.119 e. The van der Waals surface area contributed by atoms with Gasteiger partial charge in [-0.1, -0.05) is 31.2 Å². The van der Waals surface area contributed by atoms with Gasteiger partial charge in [-0.2, -0.15) is 0 Å². The molecule has 0 saturated carbocycles. The van der Waals surface area contributed by atoms with Gasteiger partial charge in [0.2, 0.25) is 0 Å². The number of hydrogen-bond acceptors (Lipinski definition) is 2. The molecule has 0 aliphatic carbocycles. The summed E-state index contributed by atoms with van der Waals surface area (Å²) in [6.45, 7) is 7.94. The monoisotopic (exact) mass is 269 g/mol. The SMILES string of the molecule is CCCOc1cccc(CNc2cc(C)ccc2C)c1. The molecule has 0 amide bonds. The van der Waals surface area contributed by atoms with E-state index >= 15 is 0 Å². The minimum atomic E-state index is 0.772. The van der Waals surface area contributed by atoms with Crippen LogP contribution in [0.15, 0.2) is 42.5 Å². The molecule has 20 heavy (non-hydrogen) atoms. The van der Waals surface area contributed by atoms with E-state index in [0.717, 1.165) is 25.3 Å². The van der Waals surface area contributed by atoms with Crippen LogP contribution in [0, 0.1) is 13.8 Å². The lowest BCUT2D eigenvalue weighted by Gasteiger charge is -2.12. The zero-order valence-corrected chi connectivity index (χ0v) is 12.6. The van der Waals surface area contributed by atoms with Gasteiger partial charge >= 0.3 is 0 Å². The van der Waals surface area contributed by atoms with Gasteiger partial charge in [0.05, 0.1) is 6.61 Å². The summed E-state index contributed by atoms with van der Waals surface area (Å²) in [5, 5.41) is 3.50. The van der Waals surface area contributed by atoms with Crippen molar-refractivity contribution in [3.8, 4) is 5.75 Å². The van der Waals surface area contributed by atoms with Crippen LogP contribution in [0.25, 0.3) is 0 Å². The van der Waals surface area contributed by atoms with Gasteiger partial charge in [0, 0.05) is 12.2 Å². The number of benzene rings is 2. The van der Waals surface area contributed by atoms with Crippen LogP contribution in [0.3, 0.4) is 0 Å². The third-order valence-corrected chi connectivity index (χ3v) is 3.25. The average molecular weight is 269 g/mol. The first-order valence-corrected chi connectivity index (χ1v) is 7.22. The summed E-state index contributed by atoms with van der Waals surface area (Å²) < 4.78 is 5.66. The third-order valence-electron chi connectivity index (χ3n) is 3.25. The Kier molecular flexibility index (Phi) is 5.05. The molecule has 0 aliphatic rings. The van der Waals surface area contributed by atoms with Gasteiger partial charge in [-0.3, -0.25) is 0 Å². The van der Waals surface area contributed by atoms with E-state index in [4.69, 9.17) is 4.74 Å². The van der Waals surface area contributed by atoms with Crippen molar-refractivity contribution in [2.24, 2.45) is 0 Å². The maximum absolute atomic E-state index is 5.66. The van der Waals surface area contributed by atoms with Crippen LogP contribution in [-0.4, -0.2) is 6.61 Å². The second-order valence-corrected chi connectivity index (χ2v) is 5.17. The Morgan fingerprint density at radius 2 is 1.90 bits per heavy atom. The van der Waals surface area contributed by atoms with Crippen LogP contribution in [0.5, 0.6) is 5.75 Å². The Bertz CT molecular complexity index is 563. The van der Waals surface area contributed by atoms with E-state index in [0.29, 0.717) is 0 Å². The Labute approximate surface area is 121 Å². The highest BCUT2D eigenvalue weighted by atomic mass is 16.5. The Morgan fingerprint density at radius 3 is 2.70 bits per heavy atom. The van der Waals surface area contributed by atoms with Crippen molar-refractivity contribution in [1.82, 2.24) is 0 Å². The predicted octanol–water partition coefficient (Wildman–Crippen LogP) is 4.70. The number of hydrogen-bond donors (Lipinski definition) is 1. The van der Waals surface area contributed by atoms with Crippen molar-refractivity contribution < 1.29 is 4.74 Å². The molecule has 0 unspecified atom stereocenters. The molecule has 2 aromatic carbocycles. The van der Waals surface area contributed by atoms with E-state index in [1.807, 2.05) is 12.1 Å². The molecule has 2 rings (SSSR count). The lowest BCUT2D eigenvalue weighted by molar-refractivity contribution is 0.317. The maximum Gasteiger partial charge on any atom is 0.119 e. The molecule has 0 atom stereocenters. The quantitative estimate of drug-likeness (QED) is 0.820. The number of anilines is 1. The van der Waals surface area contributed by atoms with Crippen LogP contribution >= 0.6 is 0 Å². The fraction of sp³-hybridized carbons (Fsp3) is 0.333. The molecule has 2 heteroatoms. The fourth-order valence-electron chi connectivity index (χ4n) is 2.09. The number of nitrogens with one attached hydrogen (secondary N) is 1. The molecule has 0 heterocycles. The molecule has 0 aromatic heterocycles. The summed E-state index contributed by atoms with van der Waals surface area (Å²) in [6.07, 6.45) is 1.03. The molecule has 106 valence electrons. The average Bonchev–Trinajstić information content (AvgIpc) is 2.46. The second kappa shape index (κ2) is 6.99. The van der Waals surface area contributed by atoms with Crippen molar-refractivity contribution >= 4 is 5.69 Å². The molecule has 2 nitrogen and oxygen atoms in total. The molecule has 0 bridgehead atoms. The lowest BCUT2D eigenvalue weighted by atomic mass is 10.1. The van der Waals surface area contributed by atoms with Crippen LogP contribution in [0.1, 0.15) is 30.0 Å². The third kappa shape index (κ3) is 4.02. The molecular weight excluding hydrogens is 246 g/mol. The Hall–Kier alpha value is -1.96. The zero-order valence-electron chi connectivity index (χ0n) is 12.6. The highest BCUT2D eigenvalue weighted by molar-refractivity contribution is 5.52. The van der Waals surface area contributed by atoms with Crippen LogP contribution in [0.4, 0.5) is 5.69 Å². The lowest BCUT2D eigenvalue weighted by Crippen LogP contribution is -2.02. The van der Waals surface area contributed by atoms with Gasteiger partial charge in [0.1, 0.15) is 5.75 Å². The Morgan fingerprint density at radius 1 is 1.05 bits per heavy atom. The Balaban J connectivity index is 2.01. The van der Waals surface area contributed by atoms with Gasteiger partial charge in [-0.25, -0.2) is 0 Å². The highest BCUT2D eigenvalue weighted by Gasteiger charge is 2.00. The number of rotatable bonds is 6. The molecule has 1 N–H and O–H groups in total. The van der Waals surface area contributed by atoms with Crippen molar-refractivity contribution in [2.75, 3.05) is 11.9 Å². The molecular formula is C18H23NO. The van der Waals surface area contributed by atoms with Crippen molar-refractivity contribution in [1.29, 1.82) is 0 Å². The summed E-state index contributed by atoms with van der Waals surface area (Å²) in [6, 6.07) is 14.8. The molecule has 2 aromatic rings. The van der Waals surface area contributed by atoms with E-state index in [1.54, 1.807) is 0 Å². The first kappa shape index (κ1) is 14.4. The normalized spacial score (nSPS) is 10.3. The largest absolute Gasteiger partial charge is 0.494 e. The van der Waals surface area contributed by atoms with Crippen molar-refractivity contribution in [2.45, 2.75) is 33.7 Å². The molecule has 0 fully saturated rings. The summed E-state index contributed by atoms with van der Waals surface area (Å²) >= 11 is 0. The van der Waals surface area contributed by atoms with Crippen molar-refractivity contribution in [3.05, 3.63) is 59.2 Å². The number of ether oxygens (including phenoxy) is 1. The summed E-state index contributed by atoms with van der Waals surface area (Å²) in [5.41, 5.74) is 4.98. The van der Waals surface area contributed by atoms with E-state index in [9.17, 15) is 0 Å². The first-order valence-electron chi connectivity index (χ1n) is 7.22. The van der Waals surface area contributed by atoms with Crippen molar-refractivity contribution in [3.63, 3.8) is 0 Å². The predicted molar refractivity (Wildman–Crippen MR) is 85.5 cm³/mol. The summed E-state index contributed by atoms with van der Waals surface area (Å²) in [4.78, 5) is 0. The second-order valence-electron chi connectivity index (χ2n) is 5.17. The minimum absolute atomic E-state index is 0.772. The molecule has 0 radical (unpaired) electrons. The van der Waals surface area contributed by atoms with Gasteiger partial charge < -0.3 is 10.1 Å². The van der Waals surface area contributed by atoms with E-state index in [-0.39, 0.29) is 0 Å². The minimum Gasteiger partial charge on any atom is -0.494 e. The first-order chi connectivity index (χ1) is 9.69. The van der Waals surface area contributed by atoms with Gasteiger partial charge in [-0.05, 0) is 55.2 Å². The molecule has 0 saturated heterocycles. The standard InChI is InChI=1S/C18H23NO/c1-4-10-20-17-7-5-6-16(12-17)13-19-18-11-14(2)8-9-15(18)3/h5-9,11-12,19H,4,10,13H2,1-3H3. The van der Waals surface area contributed by atoms with Crippen LogP contribution in [-0.2, 0) is 6.54 Å². The summed E-state index contributed by atoms with van der Waals surface area (Å²) in [5.74, 6) is 0.951. The summed E-state index contributed by atoms with van der Waals surface area (Å²) in [7, 11) is 0. The molecule has 0 spiro atoms.